The largest absolute Gasteiger partial charge is 0.327 e. The lowest BCUT2D eigenvalue weighted by Gasteiger charge is -2.19. The molecule has 0 aliphatic heterocycles. The highest BCUT2D eigenvalue weighted by atomic mass is 35.5. The number of hydrogen-bond donors (Lipinski definition) is 1. The molecule has 94 valence electrons. The van der Waals surface area contributed by atoms with Gasteiger partial charge >= 0.3 is 0 Å². The maximum absolute atomic E-state index is 13.8. The zero-order chi connectivity index (χ0) is 13.1. The van der Waals surface area contributed by atoms with Gasteiger partial charge in [-0.15, -0.1) is 0 Å². The molecule has 0 aliphatic carbocycles. The molecule has 5 heteroatoms. The number of nitrogens with two attached hydrogens (primary N) is 1. The van der Waals surface area contributed by atoms with Crippen LogP contribution in [-0.4, -0.2) is 12.0 Å². The average Bonchev–Trinajstić information content (AvgIpc) is 2.38. The van der Waals surface area contributed by atoms with Gasteiger partial charge in [-0.05, 0) is 23.8 Å². The Bertz CT molecular complexity index is 560. The third-order valence-electron chi connectivity index (χ3n) is 2.64. The van der Waals surface area contributed by atoms with Crippen molar-refractivity contribution < 1.29 is 4.39 Å². The van der Waals surface area contributed by atoms with E-state index in [9.17, 15) is 4.39 Å². The molecule has 0 saturated heterocycles. The van der Waals surface area contributed by atoms with E-state index in [4.69, 9.17) is 17.3 Å². The van der Waals surface area contributed by atoms with Gasteiger partial charge in [0.25, 0.3) is 0 Å². The van der Waals surface area contributed by atoms with Crippen molar-refractivity contribution in [2.75, 3.05) is 11.9 Å². The molecule has 2 rings (SSSR count). The van der Waals surface area contributed by atoms with Crippen LogP contribution < -0.4 is 10.6 Å². The summed E-state index contributed by atoms with van der Waals surface area (Å²) in [5.74, 6) is -0.225. The molecule has 0 saturated carbocycles. The van der Waals surface area contributed by atoms with Gasteiger partial charge in [-0.25, -0.2) is 9.37 Å². The molecule has 0 amide bonds. The van der Waals surface area contributed by atoms with E-state index in [2.05, 4.69) is 4.98 Å². The van der Waals surface area contributed by atoms with Crippen LogP contribution in [0.3, 0.4) is 0 Å². The zero-order valence-corrected chi connectivity index (χ0v) is 10.7. The molecule has 18 heavy (non-hydrogen) atoms. The predicted octanol–water partition coefficient (Wildman–Crippen LogP) is 3.10. The minimum atomic E-state index is -0.455. The first-order valence-corrected chi connectivity index (χ1v) is 5.83. The van der Waals surface area contributed by atoms with Crippen molar-refractivity contribution in [3.05, 3.63) is 52.9 Å². The lowest BCUT2D eigenvalue weighted by Crippen LogP contribution is -2.13. The molecule has 0 bridgehead atoms. The van der Waals surface area contributed by atoms with Crippen molar-refractivity contribution >= 4 is 23.1 Å². The summed E-state index contributed by atoms with van der Waals surface area (Å²) in [7, 11) is 1.74. The summed E-state index contributed by atoms with van der Waals surface area (Å²) in [6.45, 7) is 0.443. The number of anilines is 2. The first-order chi connectivity index (χ1) is 8.61. The fraction of sp³-hybridized carbons (Fsp3) is 0.154. The fourth-order valence-electron chi connectivity index (χ4n) is 1.67. The maximum atomic E-state index is 13.8. The topological polar surface area (TPSA) is 42.1 Å². The minimum absolute atomic E-state index is 0.230. The van der Waals surface area contributed by atoms with Gasteiger partial charge in [0.1, 0.15) is 0 Å². The smallest absolute Gasteiger partial charge is 0.169 e. The summed E-state index contributed by atoms with van der Waals surface area (Å²) in [4.78, 5) is 5.65. The highest BCUT2D eigenvalue weighted by molar-refractivity contribution is 6.30. The predicted molar refractivity (Wildman–Crippen MR) is 71.6 cm³/mol. The Kier molecular flexibility index (Phi) is 3.79. The molecular formula is C13H13ClFN3. The van der Waals surface area contributed by atoms with Crippen LogP contribution in [0.15, 0.2) is 36.5 Å². The molecule has 0 aliphatic rings. The Hall–Kier alpha value is -1.65. The Morgan fingerprint density at radius 2 is 2.17 bits per heavy atom. The van der Waals surface area contributed by atoms with Crippen molar-refractivity contribution in [3.8, 4) is 0 Å². The van der Waals surface area contributed by atoms with Crippen molar-refractivity contribution in [3.63, 3.8) is 0 Å². The van der Waals surface area contributed by atoms with E-state index >= 15 is 0 Å². The first-order valence-electron chi connectivity index (χ1n) is 5.45. The molecular weight excluding hydrogens is 253 g/mol. The number of nitrogens with zero attached hydrogens (tertiary/aromatic N) is 2. The van der Waals surface area contributed by atoms with Gasteiger partial charge in [0.05, 0.1) is 5.02 Å². The van der Waals surface area contributed by atoms with E-state index in [0.717, 1.165) is 11.3 Å². The summed E-state index contributed by atoms with van der Waals surface area (Å²) in [6.07, 6.45) is 1.42. The standard InChI is InChI=1S/C13H13ClFN3/c1-18(11-4-2-3-9(5-11)7-16)13-12(15)6-10(14)8-17-13/h2-6,8H,7,16H2,1H3. The molecule has 0 atom stereocenters. The second kappa shape index (κ2) is 5.33. The highest BCUT2D eigenvalue weighted by Gasteiger charge is 2.11. The number of pyridine rings is 1. The van der Waals surface area contributed by atoms with E-state index in [-0.39, 0.29) is 10.8 Å². The van der Waals surface area contributed by atoms with E-state index in [1.54, 1.807) is 11.9 Å². The van der Waals surface area contributed by atoms with Gasteiger partial charge in [0.2, 0.25) is 0 Å². The molecule has 3 nitrogen and oxygen atoms in total. The zero-order valence-electron chi connectivity index (χ0n) is 9.90. The van der Waals surface area contributed by atoms with E-state index in [1.165, 1.54) is 12.3 Å². The van der Waals surface area contributed by atoms with Gasteiger partial charge in [-0.1, -0.05) is 23.7 Å². The van der Waals surface area contributed by atoms with Crippen LogP contribution in [0.2, 0.25) is 5.02 Å². The van der Waals surface area contributed by atoms with Gasteiger partial charge in [0.15, 0.2) is 11.6 Å². The summed E-state index contributed by atoms with van der Waals surface area (Å²) < 4.78 is 13.8. The highest BCUT2D eigenvalue weighted by Crippen LogP contribution is 2.26. The van der Waals surface area contributed by atoms with Gasteiger partial charge in [-0.2, -0.15) is 0 Å². The normalized spacial score (nSPS) is 10.4. The molecule has 0 spiro atoms. The van der Waals surface area contributed by atoms with Crippen molar-refractivity contribution in [2.45, 2.75) is 6.54 Å². The number of aromatic nitrogens is 1. The molecule has 0 radical (unpaired) electrons. The SMILES string of the molecule is CN(c1cccc(CN)c1)c1ncc(Cl)cc1F. The summed E-state index contributed by atoms with van der Waals surface area (Å²) in [6, 6.07) is 8.81. The van der Waals surface area contributed by atoms with E-state index < -0.39 is 5.82 Å². The quantitative estimate of drug-likeness (QED) is 0.927. The molecule has 2 N–H and O–H groups in total. The van der Waals surface area contributed by atoms with Gasteiger partial charge < -0.3 is 10.6 Å². The second-order valence-electron chi connectivity index (χ2n) is 3.89. The summed E-state index contributed by atoms with van der Waals surface area (Å²) in [5.41, 5.74) is 7.39. The Balaban J connectivity index is 2.37. The van der Waals surface area contributed by atoms with Crippen molar-refractivity contribution in [1.29, 1.82) is 0 Å². The van der Waals surface area contributed by atoms with Crippen LogP contribution in [0.4, 0.5) is 15.9 Å². The van der Waals surface area contributed by atoms with Crippen LogP contribution in [0.25, 0.3) is 0 Å². The van der Waals surface area contributed by atoms with Crippen LogP contribution in [-0.2, 0) is 6.54 Å². The van der Waals surface area contributed by atoms with Crippen LogP contribution >= 0.6 is 11.6 Å². The molecule has 2 aromatic rings. The van der Waals surface area contributed by atoms with Crippen molar-refractivity contribution in [1.82, 2.24) is 4.98 Å². The van der Waals surface area contributed by atoms with Crippen LogP contribution in [0, 0.1) is 5.82 Å². The molecule has 1 heterocycles. The minimum Gasteiger partial charge on any atom is -0.327 e. The van der Waals surface area contributed by atoms with E-state index in [1.807, 2.05) is 24.3 Å². The number of rotatable bonds is 3. The summed E-state index contributed by atoms with van der Waals surface area (Å²) >= 11 is 5.68. The number of benzene rings is 1. The molecule has 1 aromatic carbocycles. The Morgan fingerprint density at radius 3 is 2.83 bits per heavy atom. The van der Waals surface area contributed by atoms with Gasteiger partial charge in [-0.3, -0.25) is 0 Å². The molecule has 1 aromatic heterocycles. The lowest BCUT2D eigenvalue weighted by atomic mass is 10.2. The lowest BCUT2D eigenvalue weighted by molar-refractivity contribution is 0.621. The van der Waals surface area contributed by atoms with Gasteiger partial charge in [0, 0.05) is 25.5 Å². The summed E-state index contributed by atoms with van der Waals surface area (Å²) in [5, 5.41) is 0.278. The Labute approximate surface area is 110 Å². The third kappa shape index (κ3) is 2.60. The Morgan fingerprint density at radius 1 is 1.39 bits per heavy atom. The monoisotopic (exact) mass is 265 g/mol. The average molecular weight is 266 g/mol. The van der Waals surface area contributed by atoms with E-state index in [0.29, 0.717) is 6.54 Å². The van der Waals surface area contributed by atoms with Crippen LogP contribution in [0.1, 0.15) is 5.56 Å². The van der Waals surface area contributed by atoms with Crippen molar-refractivity contribution in [2.24, 2.45) is 5.73 Å². The fourth-order valence-corrected chi connectivity index (χ4v) is 1.81. The molecule has 0 unspecified atom stereocenters. The second-order valence-corrected chi connectivity index (χ2v) is 4.33. The molecule has 0 fully saturated rings. The first kappa shape index (κ1) is 12.8. The van der Waals surface area contributed by atoms with Crippen LogP contribution in [0.5, 0.6) is 0 Å². The maximum Gasteiger partial charge on any atom is 0.169 e. The third-order valence-corrected chi connectivity index (χ3v) is 2.85. The number of hydrogen-bond acceptors (Lipinski definition) is 3. The number of halogens is 2.